The number of ether oxygens (including phenoxy) is 2. The summed E-state index contributed by atoms with van der Waals surface area (Å²) in [6, 6.07) is 8.88. The lowest BCUT2D eigenvalue weighted by molar-refractivity contribution is 0.146. The SMILES string of the molecule is COCCOc1ccc(C(C)N2CCNCC2)cc1. The van der Waals surface area contributed by atoms with E-state index in [1.54, 1.807) is 7.11 Å². The van der Waals surface area contributed by atoms with Crippen LogP contribution < -0.4 is 10.1 Å². The second-order valence-corrected chi connectivity index (χ2v) is 4.87. The number of piperazine rings is 1. The van der Waals surface area contributed by atoms with Gasteiger partial charge in [0.05, 0.1) is 6.61 Å². The molecule has 0 aromatic heterocycles. The van der Waals surface area contributed by atoms with Crippen LogP contribution in [0.25, 0.3) is 0 Å². The third kappa shape index (κ3) is 4.20. The van der Waals surface area contributed by atoms with Crippen LogP contribution in [-0.2, 0) is 4.74 Å². The second kappa shape index (κ2) is 7.48. The Hall–Kier alpha value is -1.10. The molecule has 1 heterocycles. The summed E-state index contributed by atoms with van der Waals surface area (Å²) in [6.45, 7) is 7.90. The van der Waals surface area contributed by atoms with Crippen LogP contribution >= 0.6 is 0 Å². The highest BCUT2D eigenvalue weighted by molar-refractivity contribution is 5.29. The molecule has 1 aromatic rings. The van der Waals surface area contributed by atoms with Crippen LogP contribution in [0.2, 0.25) is 0 Å². The van der Waals surface area contributed by atoms with Crippen LogP contribution in [-0.4, -0.2) is 51.4 Å². The Morgan fingerprint density at radius 3 is 2.47 bits per heavy atom. The van der Waals surface area contributed by atoms with Gasteiger partial charge in [0.1, 0.15) is 12.4 Å². The maximum absolute atomic E-state index is 5.58. The van der Waals surface area contributed by atoms with Gasteiger partial charge in [0.25, 0.3) is 0 Å². The van der Waals surface area contributed by atoms with Crippen molar-refractivity contribution in [3.05, 3.63) is 29.8 Å². The summed E-state index contributed by atoms with van der Waals surface area (Å²) in [6.07, 6.45) is 0. The first-order valence-electron chi connectivity index (χ1n) is 6.97. The zero-order valence-corrected chi connectivity index (χ0v) is 11.9. The minimum absolute atomic E-state index is 0.468. The van der Waals surface area contributed by atoms with E-state index >= 15 is 0 Å². The van der Waals surface area contributed by atoms with Crippen molar-refractivity contribution in [2.24, 2.45) is 0 Å². The molecule has 19 heavy (non-hydrogen) atoms. The fourth-order valence-electron chi connectivity index (χ4n) is 2.37. The van der Waals surface area contributed by atoms with Crippen LogP contribution in [0, 0.1) is 0 Å². The fraction of sp³-hybridized carbons (Fsp3) is 0.600. The summed E-state index contributed by atoms with van der Waals surface area (Å²) in [5, 5.41) is 3.39. The molecule has 1 fully saturated rings. The molecule has 1 unspecified atom stereocenters. The van der Waals surface area contributed by atoms with Gasteiger partial charge in [-0.25, -0.2) is 0 Å². The Labute approximate surface area is 115 Å². The van der Waals surface area contributed by atoms with Gasteiger partial charge in [-0.3, -0.25) is 4.90 Å². The van der Waals surface area contributed by atoms with Crippen molar-refractivity contribution in [3.8, 4) is 5.75 Å². The molecule has 1 aromatic carbocycles. The number of methoxy groups -OCH3 is 1. The summed E-state index contributed by atoms with van der Waals surface area (Å²) in [5.74, 6) is 0.910. The third-order valence-electron chi connectivity index (χ3n) is 3.62. The van der Waals surface area contributed by atoms with Gasteiger partial charge in [-0.05, 0) is 24.6 Å². The lowest BCUT2D eigenvalue weighted by atomic mass is 10.1. The molecule has 4 heteroatoms. The highest BCUT2D eigenvalue weighted by Crippen LogP contribution is 2.22. The number of rotatable bonds is 6. The zero-order valence-electron chi connectivity index (χ0n) is 11.9. The Balaban J connectivity index is 1.89. The molecular formula is C15H24N2O2. The quantitative estimate of drug-likeness (QED) is 0.793. The van der Waals surface area contributed by atoms with E-state index in [4.69, 9.17) is 9.47 Å². The third-order valence-corrected chi connectivity index (χ3v) is 3.62. The van der Waals surface area contributed by atoms with Crippen molar-refractivity contribution < 1.29 is 9.47 Å². The molecule has 0 radical (unpaired) electrons. The second-order valence-electron chi connectivity index (χ2n) is 4.87. The highest BCUT2D eigenvalue weighted by atomic mass is 16.5. The molecule has 2 rings (SSSR count). The summed E-state index contributed by atoms with van der Waals surface area (Å²) in [7, 11) is 1.68. The Kier molecular flexibility index (Phi) is 5.63. The molecule has 0 amide bonds. The Morgan fingerprint density at radius 1 is 1.16 bits per heavy atom. The smallest absolute Gasteiger partial charge is 0.119 e. The maximum Gasteiger partial charge on any atom is 0.119 e. The van der Waals surface area contributed by atoms with Gasteiger partial charge in [-0.2, -0.15) is 0 Å². The molecule has 1 aliphatic rings. The average molecular weight is 264 g/mol. The van der Waals surface area contributed by atoms with Gasteiger partial charge in [-0.1, -0.05) is 12.1 Å². The van der Waals surface area contributed by atoms with E-state index in [2.05, 4.69) is 29.3 Å². The fourth-order valence-corrected chi connectivity index (χ4v) is 2.37. The number of nitrogens with zero attached hydrogens (tertiary/aromatic N) is 1. The molecule has 0 aliphatic carbocycles. The van der Waals surface area contributed by atoms with Crippen molar-refractivity contribution in [1.29, 1.82) is 0 Å². The van der Waals surface area contributed by atoms with Gasteiger partial charge in [0.15, 0.2) is 0 Å². The Morgan fingerprint density at radius 2 is 1.84 bits per heavy atom. The minimum atomic E-state index is 0.468. The van der Waals surface area contributed by atoms with Gasteiger partial charge in [0, 0.05) is 39.3 Å². The van der Waals surface area contributed by atoms with Gasteiger partial charge < -0.3 is 14.8 Å². The molecule has 0 saturated carbocycles. The topological polar surface area (TPSA) is 33.7 Å². The first-order valence-corrected chi connectivity index (χ1v) is 6.97. The van der Waals surface area contributed by atoms with Crippen molar-refractivity contribution >= 4 is 0 Å². The number of hydrogen-bond acceptors (Lipinski definition) is 4. The highest BCUT2D eigenvalue weighted by Gasteiger charge is 2.17. The summed E-state index contributed by atoms with van der Waals surface area (Å²) < 4.78 is 10.5. The van der Waals surface area contributed by atoms with Gasteiger partial charge in [-0.15, -0.1) is 0 Å². The molecule has 1 aliphatic heterocycles. The number of hydrogen-bond donors (Lipinski definition) is 1. The van der Waals surface area contributed by atoms with Crippen molar-refractivity contribution in [3.63, 3.8) is 0 Å². The first-order chi connectivity index (χ1) is 9.31. The molecule has 0 spiro atoms. The molecular weight excluding hydrogens is 240 g/mol. The molecule has 106 valence electrons. The number of nitrogens with one attached hydrogen (secondary N) is 1. The lowest BCUT2D eigenvalue weighted by Gasteiger charge is -2.33. The molecule has 4 nitrogen and oxygen atoms in total. The first kappa shape index (κ1) is 14.3. The predicted octanol–water partition coefficient (Wildman–Crippen LogP) is 1.68. The standard InChI is InChI=1S/C15H24N2O2/c1-13(17-9-7-16-8-10-17)14-3-5-15(6-4-14)19-12-11-18-2/h3-6,13,16H,7-12H2,1-2H3. The summed E-state index contributed by atoms with van der Waals surface area (Å²) >= 11 is 0. The molecule has 1 atom stereocenters. The molecule has 0 bridgehead atoms. The van der Waals surface area contributed by atoms with Crippen LogP contribution in [0.3, 0.4) is 0 Å². The lowest BCUT2D eigenvalue weighted by Crippen LogP contribution is -2.44. The van der Waals surface area contributed by atoms with Crippen LogP contribution in [0.4, 0.5) is 0 Å². The average Bonchev–Trinajstić information content (AvgIpc) is 2.48. The largest absolute Gasteiger partial charge is 0.491 e. The van der Waals surface area contributed by atoms with E-state index in [1.807, 2.05) is 12.1 Å². The van der Waals surface area contributed by atoms with Crippen LogP contribution in [0.1, 0.15) is 18.5 Å². The summed E-state index contributed by atoms with van der Waals surface area (Å²) in [4.78, 5) is 2.51. The van der Waals surface area contributed by atoms with Gasteiger partial charge in [0.2, 0.25) is 0 Å². The van der Waals surface area contributed by atoms with Crippen LogP contribution in [0.15, 0.2) is 24.3 Å². The summed E-state index contributed by atoms with van der Waals surface area (Å²) in [5.41, 5.74) is 1.35. The van der Waals surface area contributed by atoms with E-state index in [9.17, 15) is 0 Å². The van der Waals surface area contributed by atoms with Crippen molar-refractivity contribution in [2.45, 2.75) is 13.0 Å². The number of benzene rings is 1. The van der Waals surface area contributed by atoms with Crippen molar-refractivity contribution in [2.75, 3.05) is 46.5 Å². The maximum atomic E-state index is 5.58. The molecule has 1 saturated heterocycles. The van der Waals surface area contributed by atoms with E-state index < -0.39 is 0 Å². The van der Waals surface area contributed by atoms with E-state index in [0.717, 1.165) is 31.9 Å². The molecule has 1 N–H and O–H groups in total. The monoisotopic (exact) mass is 264 g/mol. The van der Waals surface area contributed by atoms with E-state index in [0.29, 0.717) is 19.3 Å². The minimum Gasteiger partial charge on any atom is -0.491 e. The predicted molar refractivity (Wildman–Crippen MR) is 76.7 cm³/mol. The van der Waals surface area contributed by atoms with Crippen molar-refractivity contribution in [1.82, 2.24) is 10.2 Å². The Bertz CT molecular complexity index is 361. The van der Waals surface area contributed by atoms with Gasteiger partial charge >= 0.3 is 0 Å². The normalized spacial score (nSPS) is 18.2. The van der Waals surface area contributed by atoms with Crippen LogP contribution in [0.5, 0.6) is 5.75 Å². The zero-order chi connectivity index (χ0) is 13.5. The van der Waals surface area contributed by atoms with E-state index in [-0.39, 0.29) is 0 Å². The van der Waals surface area contributed by atoms with E-state index in [1.165, 1.54) is 5.56 Å².